The number of rotatable bonds is 8. The standard InChI is InChI=1S/C25H32N4O5S/c1-19-6-8-23(9-7-19)35(32,33)28-14-12-27(13-15-28)11-10-26-25(31)20-16-24(30)29(18-20)21-4-3-5-22(17-21)34-2/h3-9,17,20H,10-16,18H2,1-2H3,(H,26,31). The summed E-state index contributed by atoms with van der Waals surface area (Å²) in [4.78, 5) is 29.2. The third-order valence-electron chi connectivity index (χ3n) is 6.58. The van der Waals surface area contributed by atoms with Crippen LogP contribution in [0.3, 0.4) is 0 Å². The van der Waals surface area contributed by atoms with Gasteiger partial charge in [-0.1, -0.05) is 23.8 Å². The van der Waals surface area contributed by atoms with Gasteiger partial charge in [-0.25, -0.2) is 8.42 Å². The Hall–Kier alpha value is -2.95. The van der Waals surface area contributed by atoms with E-state index in [4.69, 9.17) is 4.74 Å². The van der Waals surface area contributed by atoms with Crippen molar-refractivity contribution in [2.75, 3.05) is 57.8 Å². The quantitative estimate of drug-likeness (QED) is 0.590. The van der Waals surface area contributed by atoms with Crippen molar-refractivity contribution in [3.63, 3.8) is 0 Å². The van der Waals surface area contributed by atoms with E-state index in [0.29, 0.717) is 56.5 Å². The predicted molar refractivity (Wildman–Crippen MR) is 133 cm³/mol. The van der Waals surface area contributed by atoms with Crippen LogP contribution in [0, 0.1) is 12.8 Å². The van der Waals surface area contributed by atoms with Crippen LogP contribution in [-0.4, -0.2) is 82.4 Å². The van der Waals surface area contributed by atoms with E-state index in [1.807, 2.05) is 25.1 Å². The lowest BCUT2D eigenvalue weighted by Gasteiger charge is -2.34. The number of amides is 2. The molecule has 0 radical (unpaired) electrons. The number of ether oxygens (including phenoxy) is 1. The predicted octanol–water partition coefficient (Wildman–Crippen LogP) is 1.48. The van der Waals surface area contributed by atoms with Gasteiger partial charge in [-0.2, -0.15) is 4.31 Å². The molecule has 0 aromatic heterocycles. The minimum atomic E-state index is -3.49. The Kier molecular flexibility index (Phi) is 7.73. The van der Waals surface area contributed by atoms with Gasteiger partial charge in [-0.3, -0.25) is 14.5 Å². The van der Waals surface area contributed by atoms with Crippen LogP contribution in [0.4, 0.5) is 5.69 Å². The van der Waals surface area contributed by atoms with Gasteiger partial charge < -0.3 is 15.0 Å². The highest BCUT2D eigenvalue weighted by atomic mass is 32.2. The molecule has 2 aliphatic rings. The van der Waals surface area contributed by atoms with Crippen LogP contribution in [0.15, 0.2) is 53.4 Å². The van der Waals surface area contributed by atoms with Gasteiger partial charge in [0.2, 0.25) is 21.8 Å². The summed E-state index contributed by atoms with van der Waals surface area (Å²) >= 11 is 0. The number of hydrogen-bond donors (Lipinski definition) is 1. The van der Waals surface area contributed by atoms with Crippen LogP contribution in [-0.2, 0) is 19.6 Å². The van der Waals surface area contributed by atoms with Crippen molar-refractivity contribution in [1.82, 2.24) is 14.5 Å². The molecule has 2 fully saturated rings. The zero-order valence-corrected chi connectivity index (χ0v) is 21.0. The maximum atomic E-state index is 12.9. The molecule has 4 rings (SSSR count). The molecule has 1 N–H and O–H groups in total. The Morgan fingerprint density at radius 3 is 2.49 bits per heavy atom. The van der Waals surface area contributed by atoms with E-state index in [2.05, 4.69) is 10.2 Å². The molecule has 2 saturated heterocycles. The average molecular weight is 501 g/mol. The van der Waals surface area contributed by atoms with Crippen molar-refractivity contribution >= 4 is 27.5 Å². The Bertz CT molecular complexity index is 1160. The lowest BCUT2D eigenvalue weighted by Crippen LogP contribution is -2.50. The number of hydrogen-bond acceptors (Lipinski definition) is 6. The molecular weight excluding hydrogens is 468 g/mol. The molecule has 2 heterocycles. The summed E-state index contributed by atoms with van der Waals surface area (Å²) in [5.41, 5.74) is 1.74. The van der Waals surface area contributed by atoms with E-state index in [1.54, 1.807) is 42.3 Å². The molecule has 0 aliphatic carbocycles. The number of aryl methyl sites for hydroxylation is 1. The maximum absolute atomic E-state index is 12.9. The molecule has 0 spiro atoms. The number of nitrogens with zero attached hydrogens (tertiary/aromatic N) is 3. The van der Waals surface area contributed by atoms with Crippen LogP contribution < -0.4 is 15.0 Å². The summed E-state index contributed by atoms with van der Waals surface area (Å²) in [6, 6.07) is 14.2. The molecule has 2 aliphatic heterocycles. The minimum Gasteiger partial charge on any atom is -0.497 e. The molecule has 10 heteroatoms. The fourth-order valence-electron chi connectivity index (χ4n) is 4.45. The second kappa shape index (κ2) is 10.8. The third-order valence-corrected chi connectivity index (χ3v) is 8.49. The van der Waals surface area contributed by atoms with E-state index in [-0.39, 0.29) is 18.2 Å². The molecule has 9 nitrogen and oxygen atoms in total. The van der Waals surface area contributed by atoms with E-state index < -0.39 is 15.9 Å². The van der Waals surface area contributed by atoms with Gasteiger partial charge in [-0.05, 0) is 31.2 Å². The van der Waals surface area contributed by atoms with Crippen molar-refractivity contribution in [3.05, 3.63) is 54.1 Å². The molecule has 0 saturated carbocycles. The SMILES string of the molecule is COc1cccc(N2CC(C(=O)NCCN3CCN(S(=O)(=O)c4ccc(C)cc4)CC3)CC2=O)c1. The van der Waals surface area contributed by atoms with Gasteiger partial charge in [-0.15, -0.1) is 0 Å². The van der Waals surface area contributed by atoms with Crippen LogP contribution >= 0.6 is 0 Å². The molecule has 2 aromatic carbocycles. The number of carbonyl (C=O) groups is 2. The number of piperazine rings is 1. The second-order valence-electron chi connectivity index (χ2n) is 8.96. The van der Waals surface area contributed by atoms with Gasteiger partial charge >= 0.3 is 0 Å². The second-order valence-corrected chi connectivity index (χ2v) is 10.9. The first-order valence-electron chi connectivity index (χ1n) is 11.8. The summed E-state index contributed by atoms with van der Waals surface area (Å²) in [6.45, 7) is 5.38. The average Bonchev–Trinajstić information content (AvgIpc) is 3.26. The van der Waals surface area contributed by atoms with E-state index in [1.165, 1.54) is 4.31 Å². The van der Waals surface area contributed by atoms with Crippen LogP contribution in [0.1, 0.15) is 12.0 Å². The van der Waals surface area contributed by atoms with Crippen LogP contribution in [0.2, 0.25) is 0 Å². The monoisotopic (exact) mass is 500 g/mol. The first-order valence-corrected chi connectivity index (χ1v) is 13.2. The van der Waals surface area contributed by atoms with Crippen LogP contribution in [0.25, 0.3) is 0 Å². The molecule has 2 amide bonds. The molecule has 0 bridgehead atoms. The number of sulfonamides is 1. The third kappa shape index (κ3) is 5.83. The van der Waals surface area contributed by atoms with Gasteiger partial charge in [0, 0.05) is 64.0 Å². The highest BCUT2D eigenvalue weighted by molar-refractivity contribution is 7.89. The first-order chi connectivity index (χ1) is 16.8. The van der Waals surface area contributed by atoms with Crippen molar-refractivity contribution in [3.8, 4) is 5.75 Å². The highest BCUT2D eigenvalue weighted by Crippen LogP contribution is 2.28. The van der Waals surface area contributed by atoms with Crippen molar-refractivity contribution in [2.45, 2.75) is 18.2 Å². The summed E-state index contributed by atoms with van der Waals surface area (Å²) in [5.74, 6) is 0.0498. The van der Waals surface area contributed by atoms with Crippen molar-refractivity contribution in [1.29, 1.82) is 0 Å². The topological polar surface area (TPSA) is 99.3 Å². The van der Waals surface area contributed by atoms with E-state index in [0.717, 1.165) is 11.3 Å². The fraction of sp³-hybridized carbons (Fsp3) is 0.440. The van der Waals surface area contributed by atoms with Crippen molar-refractivity contribution in [2.24, 2.45) is 5.92 Å². The molecular formula is C25H32N4O5S. The smallest absolute Gasteiger partial charge is 0.243 e. The molecule has 2 aromatic rings. The number of benzene rings is 2. The Balaban J connectivity index is 1.22. The largest absolute Gasteiger partial charge is 0.497 e. The Labute approximate surface area is 206 Å². The number of carbonyl (C=O) groups excluding carboxylic acids is 2. The lowest BCUT2D eigenvalue weighted by molar-refractivity contribution is -0.126. The van der Waals surface area contributed by atoms with Gasteiger partial charge in [0.05, 0.1) is 17.9 Å². The highest BCUT2D eigenvalue weighted by Gasteiger charge is 2.35. The number of nitrogens with one attached hydrogen (secondary N) is 1. The zero-order chi connectivity index (χ0) is 25.0. The summed E-state index contributed by atoms with van der Waals surface area (Å²) in [5, 5.41) is 2.94. The molecule has 188 valence electrons. The molecule has 1 atom stereocenters. The van der Waals surface area contributed by atoms with Gasteiger partial charge in [0.1, 0.15) is 5.75 Å². The zero-order valence-electron chi connectivity index (χ0n) is 20.1. The maximum Gasteiger partial charge on any atom is 0.243 e. The fourth-order valence-corrected chi connectivity index (χ4v) is 5.87. The van der Waals surface area contributed by atoms with E-state index >= 15 is 0 Å². The van der Waals surface area contributed by atoms with Gasteiger partial charge in [0.15, 0.2) is 0 Å². The van der Waals surface area contributed by atoms with Gasteiger partial charge in [0.25, 0.3) is 0 Å². The molecule has 1 unspecified atom stereocenters. The first kappa shape index (κ1) is 25.2. The van der Waals surface area contributed by atoms with E-state index in [9.17, 15) is 18.0 Å². The number of anilines is 1. The summed E-state index contributed by atoms with van der Waals surface area (Å²) in [6.07, 6.45) is 0.179. The summed E-state index contributed by atoms with van der Waals surface area (Å²) < 4.78 is 32.5. The van der Waals surface area contributed by atoms with Crippen molar-refractivity contribution < 1.29 is 22.7 Å². The van der Waals surface area contributed by atoms with Crippen LogP contribution in [0.5, 0.6) is 5.75 Å². The number of methoxy groups -OCH3 is 1. The lowest BCUT2D eigenvalue weighted by atomic mass is 10.1. The molecule has 35 heavy (non-hydrogen) atoms. The minimum absolute atomic E-state index is 0.0793. The Morgan fingerprint density at radius 2 is 1.80 bits per heavy atom. The summed E-state index contributed by atoms with van der Waals surface area (Å²) in [7, 11) is -1.92. The Morgan fingerprint density at radius 1 is 1.09 bits per heavy atom. The normalized spacial score (nSPS) is 19.7.